The van der Waals surface area contributed by atoms with Crippen LogP contribution in [0.2, 0.25) is 0 Å². The van der Waals surface area contributed by atoms with E-state index in [1.165, 1.54) is 19.3 Å². The van der Waals surface area contributed by atoms with Gasteiger partial charge in [0.15, 0.2) is 0 Å². The van der Waals surface area contributed by atoms with Gasteiger partial charge in [0.2, 0.25) is 0 Å². The van der Waals surface area contributed by atoms with Crippen LogP contribution in [0.5, 0.6) is 0 Å². The quantitative estimate of drug-likeness (QED) is 0.482. The monoisotopic (exact) mass is 341 g/mol. The maximum Gasteiger partial charge on any atom is 0.292 e. The average Bonchev–Trinajstić information content (AvgIpc) is 2.95. The number of likely N-dealkylation sites (tertiary alicyclic amines) is 1. The Morgan fingerprint density at radius 1 is 1.28 bits per heavy atom. The third-order valence-corrected chi connectivity index (χ3v) is 5.18. The number of hydrogen-bond donors (Lipinski definition) is 2. The number of carbonyl (C=O) groups excluding carboxylic acids is 2. The van der Waals surface area contributed by atoms with Crippen LogP contribution in [-0.2, 0) is 4.79 Å². The van der Waals surface area contributed by atoms with Crippen molar-refractivity contribution in [3.8, 4) is 0 Å². The number of nitrogens with zero attached hydrogens (tertiary/aromatic N) is 1. The largest absolute Gasteiger partial charge is 0.358 e. The van der Waals surface area contributed by atoms with E-state index in [1.54, 1.807) is 0 Å². The van der Waals surface area contributed by atoms with Gasteiger partial charge in [-0.15, -0.1) is 0 Å². The summed E-state index contributed by atoms with van der Waals surface area (Å²) in [5.74, 6) is -0.971. The maximum absolute atomic E-state index is 12.5. The molecule has 134 valence electrons. The third kappa shape index (κ3) is 3.93. The van der Waals surface area contributed by atoms with Crippen LogP contribution in [0.4, 0.5) is 0 Å². The molecule has 1 atom stereocenters. The average molecular weight is 341 g/mol. The molecule has 2 heterocycles. The molecule has 1 amide bonds. The first-order valence-corrected chi connectivity index (χ1v) is 9.22. The van der Waals surface area contributed by atoms with Gasteiger partial charge in [0.25, 0.3) is 11.7 Å². The van der Waals surface area contributed by atoms with E-state index in [-0.39, 0.29) is 0 Å². The molecule has 1 fully saturated rings. The number of para-hydroxylation sites is 1. The van der Waals surface area contributed by atoms with Gasteiger partial charge in [-0.2, -0.15) is 0 Å². The summed E-state index contributed by atoms with van der Waals surface area (Å²) < 4.78 is 0. The molecule has 1 aliphatic heterocycles. The van der Waals surface area contributed by atoms with Crippen molar-refractivity contribution in [3.63, 3.8) is 0 Å². The predicted octanol–water partition coefficient (Wildman–Crippen LogP) is 3.04. The number of rotatable bonds is 6. The summed E-state index contributed by atoms with van der Waals surface area (Å²) in [6.07, 6.45) is 4.70. The number of amides is 1. The Balaban J connectivity index is 1.54. The van der Waals surface area contributed by atoms with Crippen LogP contribution < -0.4 is 5.32 Å². The Bertz CT molecular complexity index is 765. The molecule has 0 unspecified atom stereocenters. The zero-order valence-corrected chi connectivity index (χ0v) is 15.1. The SMILES string of the molecule is Cc1[nH]c2ccccc2c1C(=O)C(=O)NCCCN1CCCC[C@@H]1C. The Labute approximate surface area is 148 Å². The van der Waals surface area contributed by atoms with Crippen LogP contribution in [0.3, 0.4) is 0 Å². The van der Waals surface area contributed by atoms with Gasteiger partial charge in [-0.05, 0) is 45.7 Å². The molecule has 1 aliphatic rings. The highest BCUT2D eigenvalue weighted by Gasteiger charge is 2.22. The molecule has 0 radical (unpaired) electrons. The first kappa shape index (κ1) is 17.7. The van der Waals surface area contributed by atoms with Gasteiger partial charge in [0.1, 0.15) is 0 Å². The van der Waals surface area contributed by atoms with Gasteiger partial charge in [0, 0.05) is 35.7 Å². The summed E-state index contributed by atoms with van der Waals surface area (Å²) >= 11 is 0. The maximum atomic E-state index is 12.5. The lowest BCUT2D eigenvalue weighted by Gasteiger charge is -2.33. The first-order chi connectivity index (χ1) is 12.1. The van der Waals surface area contributed by atoms with Crippen molar-refractivity contribution in [2.75, 3.05) is 19.6 Å². The minimum absolute atomic E-state index is 0.457. The Kier molecular flexibility index (Phi) is 5.53. The molecule has 1 aromatic heterocycles. The zero-order valence-electron chi connectivity index (χ0n) is 15.1. The minimum atomic E-state index is -0.514. The fourth-order valence-corrected chi connectivity index (χ4v) is 3.74. The van der Waals surface area contributed by atoms with E-state index in [0.29, 0.717) is 18.2 Å². The number of aryl methyl sites for hydroxylation is 1. The zero-order chi connectivity index (χ0) is 17.8. The van der Waals surface area contributed by atoms with Crippen molar-refractivity contribution in [1.82, 2.24) is 15.2 Å². The molecule has 0 bridgehead atoms. The third-order valence-electron chi connectivity index (χ3n) is 5.18. The standard InChI is InChI=1S/C20H27N3O2/c1-14-8-5-6-12-23(14)13-7-11-21-20(25)19(24)18-15(2)22-17-10-4-3-9-16(17)18/h3-4,9-10,14,22H,5-8,11-13H2,1-2H3,(H,21,25)/t14-/m0/s1. The lowest BCUT2D eigenvalue weighted by Crippen LogP contribution is -2.39. The molecule has 1 aromatic carbocycles. The highest BCUT2D eigenvalue weighted by Crippen LogP contribution is 2.22. The van der Waals surface area contributed by atoms with Crippen molar-refractivity contribution in [2.24, 2.45) is 0 Å². The number of H-pyrrole nitrogens is 1. The lowest BCUT2D eigenvalue weighted by molar-refractivity contribution is -0.117. The number of nitrogens with one attached hydrogen (secondary N) is 2. The van der Waals surface area contributed by atoms with Gasteiger partial charge in [-0.25, -0.2) is 0 Å². The van der Waals surface area contributed by atoms with Crippen LogP contribution in [0.25, 0.3) is 10.9 Å². The minimum Gasteiger partial charge on any atom is -0.358 e. The summed E-state index contributed by atoms with van der Waals surface area (Å²) in [5.41, 5.74) is 2.11. The van der Waals surface area contributed by atoms with Gasteiger partial charge in [-0.3, -0.25) is 9.59 Å². The molecule has 5 nitrogen and oxygen atoms in total. The molecule has 5 heteroatoms. The van der Waals surface area contributed by atoms with Crippen LogP contribution in [0, 0.1) is 6.92 Å². The van der Waals surface area contributed by atoms with Gasteiger partial charge < -0.3 is 15.2 Å². The molecule has 2 aromatic rings. The fourth-order valence-electron chi connectivity index (χ4n) is 3.74. The number of carbonyl (C=O) groups is 2. The Morgan fingerprint density at radius 2 is 2.08 bits per heavy atom. The number of hydrogen-bond acceptors (Lipinski definition) is 3. The van der Waals surface area contributed by atoms with Crippen LogP contribution >= 0.6 is 0 Å². The van der Waals surface area contributed by atoms with E-state index in [1.807, 2.05) is 31.2 Å². The molecule has 3 rings (SSSR count). The number of aromatic nitrogens is 1. The summed E-state index contributed by atoms with van der Waals surface area (Å²) in [4.78, 5) is 30.5. The second-order valence-corrected chi connectivity index (χ2v) is 6.99. The second-order valence-electron chi connectivity index (χ2n) is 6.99. The number of Topliss-reactive ketones (excluding diaryl/α,β-unsaturated/α-hetero) is 1. The molecule has 25 heavy (non-hydrogen) atoms. The van der Waals surface area contributed by atoms with Crippen LogP contribution in [0.1, 0.15) is 48.7 Å². The molecule has 0 aliphatic carbocycles. The van der Waals surface area contributed by atoms with Gasteiger partial charge in [0.05, 0.1) is 5.56 Å². The molecule has 0 spiro atoms. The summed E-state index contributed by atoms with van der Waals surface area (Å²) in [6.45, 7) is 6.75. The van der Waals surface area contributed by atoms with Crippen molar-refractivity contribution < 1.29 is 9.59 Å². The molecule has 1 saturated heterocycles. The molecular weight excluding hydrogens is 314 g/mol. The van der Waals surface area contributed by atoms with Crippen LogP contribution in [-0.4, -0.2) is 47.3 Å². The fraction of sp³-hybridized carbons (Fsp3) is 0.500. The number of fused-ring (bicyclic) bond motifs is 1. The van der Waals surface area contributed by atoms with Crippen molar-refractivity contribution in [2.45, 2.75) is 45.6 Å². The van der Waals surface area contributed by atoms with Crippen molar-refractivity contribution in [3.05, 3.63) is 35.5 Å². The first-order valence-electron chi connectivity index (χ1n) is 9.22. The van der Waals surface area contributed by atoms with E-state index in [9.17, 15) is 9.59 Å². The molecular formula is C20H27N3O2. The summed E-state index contributed by atoms with van der Waals surface area (Å²) in [6, 6.07) is 8.20. The lowest BCUT2D eigenvalue weighted by atomic mass is 10.0. The van der Waals surface area contributed by atoms with Gasteiger partial charge >= 0.3 is 0 Å². The highest BCUT2D eigenvalue weighted by molar-refractivity contribution is 6.45. The molecule has 2 N–H and O–H groups in total. The number of benzene rings is 1. The smallest absolute Gasteiger partial charge is 0.292 e. The molecule has 0 saturated carbocycles. The predicted molar refractivity (Wildman–Crippen MR) is 99.9 cm³/mol. The number of piperidine rings is 1. The van der Waals surface area contributed by atoms with E-state index in [2.05, 4.69) is 22.1 Å². The Hall–Kier alpha value is -2.14. The van der Waals surface area contributed by atoms with E-state index < -0.39 is 11.7 Å². The second kappa shape index (κ2) is 7.83. The number of ketones is 1. The van der Waals surface area contributed by atoms with Crippen molar-refractivity contribution >= 4 is 22.6 Å². The van der Waals surface area contributed by atoms with Gasteiger partial charge in [-0.1, -0.05) is 24.6 Å². The summed E-state index contributed by atoms with van der Waals surface area (Å²) in [7, 11) is 0. The van der Waals surface area contributed by atoms with Crippen LogP contribution in [0.15, 0.2) is 24.3 Å². The van der Waals surface area contributed by atoms with E-state index in [4.69, 9.17) is 0 Å². The Morgan fingerprint density at radius 3 is 2.88 bits per heavy atom. The highest BCUT2D eigenvalue weighted by atomic mass is 16.2. The van der Waals surface area contributed by atoms with E-state index >= 15 is 0 Å². The van der Waals surface area contributed by atoms with Crippen molar-refractivity contribution in [1.29, 1.82) is 0 Å². The number of aromatic amines is 1. The normalized spacial score (nSPS) is 18.4. The summed E-state index contributed by atoms with van der Waals surface area (Å²) in [5, 5.41) is 3.60. The topological polar surface area (TPSA) is 65.2 Å². The van der Waals surface area contributed by atoms with E-state index in [0.717, 1.165) is 36.1 Å².